The fourth-order valence-electron chi connectivity index (χ4n) is 1.59. The molecule has 2 rings (SSSR count). The van der Waals surface area contributed by atoms with Crippen LogP contribution in [-0.4, -0.2) is 17.9 Å². The van der Waals surface area contributed by atoms with Crippen molar-refractivity contribution in [3.8, 4) is 0 Å². The Kier molecular flexibility index (Phi) is 4.19. The predicted molar refractivity (Wildman–Crippen MR) is 70.0 cm³/mol. The molecule has 0 spiro atoms. The molecule has 2 N–H and O–H groups in total. The minimum Gasteiger partial charge on any atom is -0.301 e. The van der Waals surface area contributed by atoms with Gasteiger partial charge in [0.2, 0.25) is 11.8 Å². The number of rotatable bonds is 3. The van der Waals surface area contributed by atoms with Gasteiger partial charge in [0.1, 0.15) is 4.34 Å². The monoisotopic (exact) mass is 336 g/mol. The average molecular weight is 338 g/mol. The van der Waals surface area contributed by atoms with Crippen molar-refractivity contribution >= 4 is 50.7 Å². The van der Waals surface area contributed by atoms with E-state index in [1.54, 1.807) is 0 Å². The Balaban J connectivity index is 1.90. The van der Waals surface area contributed by atoms with Crippen LogP contribution in [0.15, 0.2) is 10.5 Å². The highest BCUT2D eigenvalue weighted by Crippen LogP contribution is 2.31. The van der Waals surface area contributed by atoms with Crippen molar-refractivity contribution < 1.29 is 9.59 Å². The van der Waals surface area contributed by atoms with Gasteiger partial charge in [-0.3, -0.25) is 14.9 Å². The van der Waals surface area contributed by atoms with Gasteiger partial charge in [-0.15, -0.1) is 11.3 Å². The summed E-state index contributed by atoms with van der Waals surface area (Å²) in [6, 6.07) is 1.62. The molecule has 1 aromatic rings. The maximum absolute atomic E-state index is 11.5. The van der Waals surface area contributed by atoms with Crippen LogP contribution in [0.3, 0.4) is 0 Å². The first kappa shape index (κ1) is 13.0. The Morgan fingerprint density at radius 1 is 1.59 bits per heavy atom. The van der Waals surface area contributed by atoms with Crippen molar-refractivity contribution in [2.24, 2.45) is 0 Å². The number of carbonyl (C=O) groups excluding carboxylic acids is 2. The molecule has 2 heterocycles. The van der Waals surface area contributed by atoms with E-state index >= 15 is 0 Å². The molecule has 1 fully saturated rings. The van der Waals surface area contributed by atoms with Gasteiger partial charge in [0, 0.05) is 22.3 Å². The van der Waals surface area contributed by atoms with Gasteiger partial charge in [-0.1, -0.05) is 11.6 Å². The van der Waals surface area contributed by atoms with E-state index in [1.807, 2.05) is 6.07 Å². The first-order valence-corrected chi connectivity index (χ1v) is 7.06. The number of halogens is 2. The van der Waals surface area contributed by atoms with Crippen LogP contribution in [0.4, 0.5) is 0 Å². The topological polar surface area (TPSA) is 58.2 Å². The third-order valence-corrected chi connectivity index (χ3v) is 4.93. The van der Waals surface area contributed by atoms with E-state index in [9.17, 15) is 9.59 Å². The summed E-state index contributed by atoms with van der Waals surface area (Å²) in [6.45, 7) is 0.572. The van der Waals surface area contributed by atoms with E-state index in [-0.39, 0.29) is 17.9 Å². The second-order valence-electron chi connectivity index (χ2n) is 3.72. The molecule has 1 aromatic heterocycles. The van der Waals surface area contributed by atoms with Gasteiger partial charge in [0.25, 0.3) is 0 Å². The molecule has 0 aromatic carbocycles. The molecular weight excluding hydrogens is 328 g/mol. The highest BCUT2D eigenvalue weighted by atomic mass is 79.9. The molecule has 0 radical (unpaired) electrons. The number of hydrogen-bond acceptors (Lipinski definition) is 4. The number of nitrogens with one attached hydrogen (secondary N) is 2. The maximum Gasteiger partial charge on any atom is 0.243 e. The van der Waals surface area contributed by atoms with E-state index in [0.29, 0.717) is 23.7 Å². The Morgan fingerprint density at radius 3 is 2.94 bits per heavy atom. The SMILES string of the molecule is O=C1CCC(NCc2cc(Br)c(Cl)s2)C(=O)N1. The molecular formula is C10H10BrClN2O2S. The second-order valence-corrected chi connectivity index (χ2v) is 6.31. The Hall–Kier alpha value is -0.430. The number of piperidine rings is 1. The third kappa shape index (κ3) is 3.28. The van der Waals surface area contributed by atoms with Crippen LogP contribution >= 0.6 is 38.9 Å². The predicted octanol–water partition coefficient (Wildman–Crippen LogP) is 2.06. The quantitative estimate of drug-likeness (QED) is 0.830. The van der Waals surface area contributed by atoms with Crippen molar-refractivity contribution in [1.82, 2.24) is 10.6 Å². The van der Waals surface area contributed by atoms with E-state index in [2.05, 4.69) is 26.6 Å². The highest BCUT2D eigenvalue weighted by molar-refractivity contribution is 9.10. The summed E-state index contributed by atoms with van der Waals surface area (Å²) in [5.74, 6) is -0.446. The second kappa shape index (κ2) is 5.48. The summed E-state index contributed by atoms with van der Waals surface area (Å²) in [5.41, 5.74) is 0. The molecule has 7 heteroatoms. The number of hydrogen-bond donors (Lipinski definition) is 2. The first-order chi connectivity index (χ1) is 8.06. The molecule has 0 aliphatic carbocycles. The van der Waals surface area contributed by atoms with Gasteiger partial charge < -0.3 is 5.32 Å². The molecule has 17 heavy (non-hydrogen) atoms. The van der Waals surface area contributed by atoms with Gasteiger partial charge in [-0.05, 0) is 28.4 Å². The van der Waals surface area contributed by atoms with Gasteiger partial charge in [-0.25, -0.2) is 0 Å². The van der Waals surface area contributed by atoms with Crippen molar-refractivity contribution in [2.75, 3.05) is 0 Å². The van der Waals surface area contributed by atoms with Crippen LogP contribution in [0.2, 0.25) is 4.34 Å². The van der Waals surface area contributed by atoms with E-state index in [4.69, 9.17) is 11.6 Å². The molecule has 1 unspecified atom stereocenters. The zero-order chi connectivity index (χ0) is 12.4. The maximum atomic E-state index is 11.5. The molecule has 1 saturated heterocycles. The molecule has 1 aliphatic heterocycles. The number of amides is 2. The first-order valence-electron chi connectivity index (χ1n) is 5.07. The van der Waals surface area contributed by atoms with Crippen molar-refractivity contribution in [3.05, 3.63) is 19.8 Å². The standard InChI is InChI=1S/C10H10BrClN2O2S/c11-6-3-5(17-9(6)12)4-13-7-1-2-8(15)14-10(7)16/h3,7,13H,1-2,4H2,(H,14,15,16). The van der Waals surface area contributed by atoms with Gasteiger partial charge in [0.05, 0.1) is 6.04 Å². The van der Waals surface area contributed by atoms with Crippen molar-refractivity contribution in [2.45, 2.75) is 25.4 Å². The van der Waals surface area contributed by atoms with E-state index in [1.165, 1.54) is 11.3 Å². The minimum absolute atomic E-state index is 0.199. The van der Waals surface area contributed by atoms with Crippen molar-refractivity contribution in [3.63, 3.8) is 0 Å². The Bertz CT molecular complexity index is 444. The fourth-order valence-corrected chi connectivity index (χ4v) is 3.33. The normalized spacial score (nSPS) is 20.5. The molecule has 4 nitrogen and oxygen atoms in total. The van der Waals surface area contributed by atoms with Gasteiger partial charge in [0.15, 0.2) is 0 Å². The molecule has 0 bridgehead atoms. The molecule has 0 saturated carbocycles. The van der Waals surface area contributed by atoms with Gasteiger partial charge >= 0.3 is 0 Å². The summed E-state index contributed by atoms with van der Waals surface area (Å²) in [7, 11) is 0. The van der Waals surface area contributed by atoms with Crippen LogP contribution in [0, 0.1) is 0 Å². The largest absolute Gasteiger partial charge is 0.301 e. The van der Waals surface area contributed by atoms with Crippen LogP contribution in [0.5, 0.6) is 0 Å². The Morgan fingerprint density at radius 2 is 2.35 bits per heavy atom. The van der Waals surface area contributed by atoms with E-state index < -0.39 is 0 Å². The summed E-state index contributed by atoms with van der Waals surface area (Å²) in [6.07, 6.45) is 0.934. The lowest BCUT2D eigenvalue weighted by atomic mass is 10.1. The smallest absolute Gasteiger partial charge is 0.243 e. The molecule has 1 aliphatic rings. The Labute approximate surface area is 116 Å². The third-order valence-electron chi connectivity index (χ3n) is 2.46. The molecule has 1 atom stereocenters. The highest BCUT2D eigenvalue weighted by Gasteiger charge is 2.25. The fraction of sp³-hybridized carbons (Fsp3) is 0.400. The average Bonchev–Trinajstić information content (AvgIpc) is 2.57. The number of thiophene rings is 1. The van der Waals surface area contributed by atoms with Crippen LogP contribution in [0.1, 0.15) is 17.7 Å². The molecule has 92 valence electrons. The minimum atomic E-state index is -0.299. The lowest BCUT2D eigenvalue weighted by Gasteiger charge is -2.21. The lowest BCUT2D eigenvalue weighted by molar-refractivity contribution is -0.134. The summed E-state index contributed by atoms with van der Waals surface area (Å²) < 4.78 is 1.56. The van der Waals surface area contributed by atoms with Crippen LogP contribution in [0.25, 0.3) is 0 Å². The number of carbonyl (C=O) groups is 2. The summed E-state index contributed by atoms with van der Waals surface area (Å²) >= 11 is 10.7. The zero-order valence-electron chi connectivity index (χ0n) is 8.76. The number of imide groups is 1. The van der Waals surface area contributed by atoms with E-state index in [0.717, 1.165) is 9.35 Å². The lowest BCUT2D eigenvalue weighted by Crippen LogP contribution is -2.50. The molecule has 2 amide bonds. The zero-order valence-corrected chi connectivity index (χ0v) is 11.9. The van der Waals surface area contributed by atoms with Crippen molar-refractivity contribution in [1.29, 1.82) is 0 Å². The summed E-state index contributed by atoms with van der Waals surface area (Å²) in [5, 5.41) is 5.43. The summed E-state index contributed by atoms with van der Waals surface area (Å²) in [4.78, 5) is 23.5. The van der Waals surface area contributed by atoms with Crippen LogP contribution in [-0.2, 0) is 16.1 Å². The van der Waals surface area contributed by atoms with Gasteiger partial charge in [-0.2, -0.15) is 0 Å². The van der Waals surface area contributed by atoms with Crippen LogP contribution < -0.4 is 10.6 Å².